The molecule has 0 bridgehead atoms. The standard InChI is InChI=1S/C13H10BrNS/c1-8-3-4-10(9(2)5-8)12-6-11(14)13(7-15)16-12/h3-6H,1-2H3. The quantitative estimate of drug-likeness (QED) is 0.749. The van der Waals surface area contributed by atoms with Crippen LogP contribution in [-0.2, 0) is 0 Å². The number of hydrogen-bond donors (Lipinski definition) is 0. The third-order valence-corrected chi connectivity index (χ3v) is 4.40. The lowest BCUT2D eigenvalue weighted by atomic mass is 10.0. The Labute approximate surface area is 107 Å². The molecule has 0 aliphatic rings. The molecule has 0 saturated heterocycles. The molecule has 0 fully saturated rings. The highest BCUT2D eigenvalue weighted by atomic mass is 79.9. The minimum absolute atomic E-state index is 0.731. The van der Waals surface area contributed by atoms with Crippen LogP contribution in [0.15, 0.2) is 28.7 Å². The third kappa shape index (κ3) is 2.04. The summed E-state index contributed by atoms with van der Waals surface area (Å²) in [5, 5.41) is 8.92. The fourth-order valence-corrected chi connectivity index (χ4v) is 3.32. The van der Waals surface area contributed by atoms with Gasteiger partial charge in [0.25, 0.3) is 0 Å². The van der Waals surface area contributed by atoms with E-state index < -0.39 is 0 Å². The highest BCUT2D eigenvalue weighted by Gasteiger charge is 2.09. The first-order chi connectivity index (χ1) is 7.61. The smallest absolute Gasteiger partial charge is 0.119 e. The molecule has 0 saturated carbocycles. The predicted octanol–water partition coefficient (Wildman–Crippen LogP) is 4.67. The molecule has 0 amide bonds. The second-order valence-corrected chi connectivity index (χ2v) is 5.62. The van der Waals surface area contributed by atoms with E-state index in [0.29, 0.717) is 0 Å². The van der Waals surface area contributed by atoms with E-state index in [4.69, 9.17) is 5.26 Å². The van der Waals surface area contributed by atoms with Gasteiger partial charge in [-0.3, -0.25) is 0 Å². The van der Waals surface area contributed by atoms with Crippen molar-refractivity contribution in [3.05, 3.63) is 44.7 Å². The number of aryl methyl sites for hydroxylation is 2. The molecule has 0 N–H and O–H groups in total. The van der Waals surface area contributed by atoms with Crippen molar-refractivity contribution in [2.24, 2.45) is 0 Å². The zero-order valence-electron chi connectivity index (χ0n) is 9.04. The number of hydrogen-bond acceptors (Lipinski definition) is 2. The van der Waals surface area contributed by atoms with Crippen molar-refractivity contribution >= 4 is 27.3 Å². The Balaban J connectivity index is 2.55. The molecule has 0 radical (unpaired) electrons. The van der Waals surface area contributed by atoms with Gasteiger partial charge in [-0.15, -0.1) is 11.3 Å². The number of nitrogens with zero attached hydrogens (tertiary/aromatic N) is 1. The number of nitriles is 1. The Bertz CT molecular complexity index is 578. The van der Waals surface area contributed by atoms with Gasteiger partial charge in [-0.2, -0.15) is 5.26 Å². The van der Waals surface area contributed by atoms with Gasteiger partial charge in [-0.05, 0) is 47.0 Å². The van der Waals surface area contributed by atoms with Crippen LogP contribution < -0.4 is 0 Å². The Morgan fingerprint density at radius 1 is 1.25 bits per heavy atom. The first kappa shape index (κ1) is 11.4. The number of rotatable bonds is 1. The van der Waals surface area contributed by atoms with Crippen molar-refractivity contribution in [1.29, 1.82) is 5.26 Å². The molecule has 16 heavy (non-hydrogen) atoms. The van der Waals surface area contributed by atoms with Gasteiger partial charge in [0.15, 0.2) is 0 Å². The molecule has 1 nitrogen and oxygen atoms in total. The minimum atomic E-state index is 0.731. The molecule has 0 atom stereocenters. The van der Waals surface area contributed by atoms with Crippen LogP contribution in [0.4, 0.5) is 0 Å². The fraction of sp³-hybridized carbons (Fsp3) is 0.154. The summed E-state index contributed by atoms with van der Waals surface area (Å²) >= 11 is 4.93. The van der Waals surface area contributed by atoms with Crippen LogP contribution in [0.1, 0.15) is 16.0 Å². The van der Waals surface area contributed by atoms with Gasteiger partial charge in [-0.25, -0.2) is 0 Å². The summed E-state index contributed by atoms with van der Waals surface area (Å²) in [5.41, 5.74) is 3.72. The highest BCUT2D eigenvalue weighted by Crippen LogP contribution is 2.35. The van der Waals surface area contributed by atoms with Crippen molar-refractivity contribution in [2.75, 3.05) is 0 Å². The van der Waals surface area contributed by atoms with Gasteiger partial charge in [0.2, 0.25) is 0 Å². The fourth-order valence-electron chi connectivity index (χ4n) is 1.67. The third-order valence-electron chi connectivity index (χ3n) is 2.44. The maximum Gasteiger partial charge on any atom is 0.119 e. The largest absolute Gasteiger partial charge is 0.191 e. The molecule has 0 aliphatic carbocycles. The first-order valence-corrected chi connectivity index (χ1v) is 6.50. The molecule has 2 aromatic rings. The van der Waals surface area contributed by atoms with Gasteiger partial charge in [0.1, 0.15) is 10.9 Å². The summed E-state index contributed by atoms with van der Waals surface area (Å²) in [7, 11) is 0. The molecule has 1 aromatic carbocycles. The van der Waals surface area contributed by atoms with Crippen LogP contribution in [-0.4, -0.2) is 0 Å². The topological polar surface area (TPSA) is 23.8 Å². The Morgan fingerprint density at radius 2 is 2.00 bits per heavy atom. The molecule has 80 valence electrons. The first-order valence-electron chi connectivity index (χ1n) is 4.89. The van der Waals surface area contributed by atoms with Gasteiger partial charge < -0.3 is 0 Å². The van der Waals surface area contributed by atoms with Crippen molar-refractivity contribution in [3.63, 3.8) is 0 Å². The highest BCUT2D eigenvalue weighted by molar-refractivity contribution is 9.10. The van der Waals surface area contributed by atoms with Crippen LogP contribution >= 0.6 is 27.3 Å². The van der Waals surface area contributed by atoms with Gasteiger partial charge >= 0.3 is 0 Å². The van der Waals surface area contributed by atoms with Crippen molar-refractivity contribution in [3.8, 4) is 16.5 Å². The molecule has 3 heteroatoms. The Hall–Kier alpha value is -1.11. The van der Waals surface area contributed by atoms with Crippen molar-refractivity contribution in [1.82, 2.24) is 0 Å². The van der Waals surface area contributed by atoms with E-state index in [1.165, 1.54) is 28.0 Å². The molecule has 0 aliphatic heterocycles. The molecule has 1 heterocycles. The van der Waals surface area contributed by atoms with E-state index in [2.05, 4.69) is 54.0 Å². The lowest BCUT2D eigenvalue weighted by Gasteiger charge is -2.03. The van der Waals surface area contributed by atoms with E-state index in [1.807, 2.05) is 6.07 Å². The van der Waals surface area contributed by atoms with Crippen molar-refractivity contribution in [2.45, 2.75) is 13.8 Å². The number of benzene rings is 1. The average molecular weight is 292 g/mol. The minimum Gasteiger partial charge on any atom is -0.191 e. The average Bonchev–Trinajstić information content (AvgIpc) is 2.59. The predicted molar refractivity (Wildman–Crippen MR) is 71.6 cm³/mol. The summed E-state index contributed by atoms with van der Waals surface area (Å²) < 4.78 is 0.884. The summed E-state index contributed by atoms with van der Waals surface area (Å²) in [6, 6.07) is 10.6. The Morgan fingerprint density at radius 3 is 2.56 bits per heavy atom. The molecule has 2 rings (SSSR count). The van der Waals surface area contributed by atoms with Crippen molar-refractivity contribution < 1.29 is 0 Å². The van der Waals surface area contributed by atoms with E-state index in [-0.39, 0.29) is 0 Å². The second kappa shape index (κ2) is 4.40. The summed E-state index contributed by atoms with van der Waals surface area (Å²) in [5.74, 6) is 0. The van der Waals surface area contributed by atoms with Gasteiger partial charge in [0, 0.05) is 9.35 Å². The Kier molecular flexibility index (Phi) is 3.13. The summed E-state index contributed by atoms with van der Waals surface area (Å²) in [6.45, 7) is 4.18. The normalized spacial score (nSPS) is 10.1. The molecule has 0 spiro atoms. The number of halogens is 1. The monoisotopic (exact) mass is 291 g/mol. The van der Waals surface area contributed by atoms with Gasteiger partial charge in [-0.1, -0.05) is 23.8 Å². The summed E-state index contributed by atoms with van der Waals surface area (Å²) in [4.78, 5) is 1.87. The summed E-state index contributed by atoms with van der Waals surface area (Å²) in [6.07, 6.45) is 0. The zero-order chi connectivity index (χ0) is 11.7. The van der Waals surface area contributed by atoms with Crippen LogP contribution in [0.5, 0.6) is 0 Å². The second-order valence-electron chi connectivity index (χ2n) is 3.72. The number of thiophene rings is 1. The van der Waals surface area contributed by atoms with E-state index in [0.717, 1.165) is 14.2 Å². The van der Waals surface area contributed by atoms with Crippen LogP contribution in [0.3, 0.4) is 0 Å². The molecule has 0 unspecified atom stereocenters. The lowest BCUT2D eigenvalue weighted by Crippen LogP contribution is -1.81. The molecule has 1 aromatic heterocycles. The zero-order valence-corrected chi connectivity index (χ0v) is 11.4. The van der Waals surface area contributed by atoms with E-state index in [1.54, 1.807) is 0 Å². The van der Waals surface area contributed by atoms with Crippen LogP contribution in [0.25, 0.3) is 10.4 Å². The van der Waals surface area contributed by atoms with Crippen LogP contribution in [0.2, 0.25) is 0 Å². The maximum atomic E-state index is 8.92. The van der Waals surface area contributed by atoms with Gasteiger partial charge in [0.05, 0.1) is 0 Å². The molecular formula is C13H10BrNS. The van der Waals surface area contributed by atoms with E-state index >= 15 is 0 Å². The van der Waals surface area contributed by atoms with Crippen LogP contribution in [0, 0.1) is 25.2 Å². The SMILES string of the molecule is Cc1ccc(-c2cc(Br)c(C#N)s2)c(C)c1. The van der Waals surface area contributed by atoms with E-state index in [9.17, 15) is 0 Å². The maximum absolute atomic E-state index is 8.92. The lowest BCUT2D eigenvalue weighted by molar-refractivity contribution is 1.39. The molecular weight excluding hydrogens is 282 g/mol.